The molecule has 0 spiro atoms. The van der Waals surface area contributed by atoms with Crippen molar-refractivity contribution in [3.05, 3.63) is 48.0 Å². The number of carbonyl (C=O) groups excluding carboxylic acids is 2. The molecule has 0 unspecified atom stereocenters. The monoisotopic (exact) mass is 343 g/mol. The van der Waals surface area contributed by atoms with E-state index in [0.717, 1.165) is 5.56 Å². The number of carboxylic acids is 1. The number of fused-ring (bicyclic) bond motifs is 1. The van der Waals surface area contributed by atoms with Crippen molar-refractivity contribution in [3.8, 4) is 0 Å². The molecule has 1 aliphatic heterocycles. The second-order valence-electron chi connectivity index (χ2n) is 6.57. The first-order valence-electron chi connectivity index (χ1n) is 8.38. The number of ether oxygens (including phenoxy) is 1. The fourth-order valence-electron chi connectivity index (χ4n) is 3.83. The van der Waals surface area contributed by atoms with Gasteiger partial charge in [0.05, 0.1) is 6.04 Å². The SMILES string of the molecule is CC(=O)[C@H]1CC=C[C@H]2[C@@H]1C[C@@H](C(=O)O)N2C(=O)OCc1ccccc1. The van der Waals surface area contributed by atoms with E-state index in [-0.39, 0.29) is 30.6 Å². The van der Waals surface area contributed by atoms with Crippen molar-refractivity contribution < 1.29 is 24.2 Å². The smallest absolute Gasteiger partial charge is 0.411 e. The van der Waals surface area contributed by atoms with Gasteiger partial charge in [0, 0.05) is 5.92 Å². The van der Waals surface area contributed by atoms with Crippen LogP contribution in [0.5, 0.6) is 0 Å². The first-order valence-corrected chi connectivity index (χ1v) is 8.38. The number of hydrogen-bond donors (Lipinski definition) is 1. The van der Waals surface area contributed by atoms with Crippen molar-refractivity contribution in [2.75, 3.05) is 0 Å². The first kappa shape index (κ1) is 17.2. The van der Waals surface area contributed by atoms with Crippen molar-refractivity contribution >= 4 is 17.8 Å². The van der Waals surface area contributed by atoms with Gasteiger partial charge < -0.3 is 9.84 Å². The number of ketones is 1. The number of amides is 1. The molecule has 2 aliphatic rings. The normalized spacial score (nSPS) is 27.6. The molecule has 4 atom stereocenters. The van der Waals surface area contributed by atoms with Crippen LogP contribution in [0.4, 0.5) is 4.79 Å². The van der Waals surface area contributed by atoms with Crippen LogP contribution in [0.25, 0.3) is 0 Å². The molecule has 0 saturated carbocycles. The molecule has 6 heteroatoms. The number of nitrogens with zero attached hydrogens (tertiary/aromatic N) is 1. The number of carbonyl (C=O) groups is 3. The number of rotatable bonds is 4. The van der Waals surface area contributed by atoms with Crippen LogP contribution < -0.4 is 0 Å². The van der Waals surface area contributed by atoms with E-state index in [1.807, 2.05) is 42.5 Å². The highest BCUT2D eigenvalue weighted by Crippen LogP contribution is 2.41. The maximum Gasteiger partial charge on any atom is 0.411 e. The Morgan fingerprint density at radius 2 is 1.96 bits per heavy atom. The van der Waals surface area contributed by atoms with Gasteiger partial charge in [0.1, 0.15) is 18.4 Å². The van der Waals surface area contributed by atoms with Gasteiger partial charge in [-0.2, -0.15) is 0 Å². The Labute approximate surface area is 146 Å². The fourth-order valence-corrected chi connectivity index (χ4v) is 3.83. The number of Topliss-reactive ketones (excluding diaryl/α,β-unsaturated/α-hetero) is 1. The molecule has 1 saturated heterocycles. The van der Waals surface area contributed by atoms with E-state index in [1.165, 1.54) is 11.8 Å². The maximum absolute atomic E-state index is 12.6. The van der Waals surface area contributed by atoms with Crippen molar-refractivity contribution in [2.45, 2.75) is 38.5 Å². The average Bonchev–Trinajstić information content (AvgIpc) is 3.00. The summed E-state index contributed by atoms with van der Waals surface area (Å²) in [5.41, 5.74) is 0.833. The Morgan fingerprint density at radius 3 is 2.60 bits per heavy atom. The zero-order valence-corrected chi connectivity index (χ0v) is 14.0. The third-order valence-electron chi connectivity index (χ3n) is 5.05. The minimum Gasteiger partial charge on any atom is -0.480 e. The van der Waals surface area contributed by atoms with Gasteiger partial charge in [-0.1, -0.05) is 42.5 Å². The minimum atomic E-state index is -1.07. The van der Waals surface area contributed by atoms with Crippen LogP contribution in [0, 0.1) is 11.8 Å². The van der Waals surface area contributed by atoms with Gasteiger partial charge in [0.2, 0.25) is 0 Å². The molecule has 6 nitrogen and oxygen atoms in total. The zero-order chi connectivity index (χ0) is 18.0. The average molecular weight is 343 g/mol. The number of allylic oxidation sites excluding steroid dienone is 1. The van der Waals surface area contributed by atoms with Crippen LogP contribution in [-0.2, 0) is 20.9 Å². The summed E-state index contributed by atoms with van der Waals surface area (Å²) in [6.45, 7) is 1.60. The van der Waals surface area contributed by atoms with Crippen LogP contribution in [-0.4, -0.2) is 39.9 Å². The molecule has 132 valence electrons. The standard InChI is InChI=1S/C19H21NO5/c1-12(21)14-8-5-9-16-15(14)10-17(18(22)23)20(16)19(24)25-11-13-6-3-2-4-7-13/h2-7,9,14-17H,8,10-11H2,1H3,(H,22,23)/t14-,15-,16+,17+/m1/s1. The summed E-state index contributed by atoms with van der Waals surface area (Å²) in [5, 5.41) is 9.53. The third-order valence-corrected chi connectivity index (χ3v) is 5.05. The number of aliphatic carboxylic acids is 1. The Morgan fingerprint density at radius 1 is 1.24 bits per heavy atom. The molecule has 0 bridgehead atoms. The fraction of sp³-hybridized carbons (Fsp3) is 0.421. The summed E-state index contributed by atoms with van der Waals surface area (Å²) in [7, 11) is 0. The summed E-state index contributed by atoms with van der Waals surface area (Å²) >= 11 is 0. The Bertz CT molecular complexity index is 699. The predicted octanol–water partition coefficient (Wildman–Crippen LogP) is 2.63. The van der Waals surface area contributed by atoms with Gasteiger partial charge in [-0.05, 0) is 31.2 Å². The molecular weight excluding hydrogens is 322 g/mol. The van der Waals surface area contributed by atoms with Gasteiger partial charge >= 0.3 is 12.1 Å². The molecule has 0 radical (unpaired) electrons. The van der Waals surface area contributed by atoms with Gasteiger partial charge in [-0.25, -0.2) is 9.59 Å². The Hall–Kier alpha value is -2.63. The van der Waals surface area contributed by atoms with Crippen LogP contribution in [0.3, 0.4) is 0 Å². The highest BCUT2D eigenvalue weighted by Gasteiger charge is 2.51. The van der Waals surface area contributed by atoms with Crippen LogP contribution >= 0.6 is 0 Å². The minimum absolute atomic E-state index is 0.0305. The quantitative estimate of drug-likeness (QED) is 0.850. The molecule has 1 heterocycles. The van der Waals surface area contributed by atoms with E-state index < -0.39 is 24.1 Å². The molecular formula is C19H21NO5. The van der Waals surface area contributed by atoms with Crippen molar-refractivity contribution in [3.63, 3.8) is 0 Å². The van der Waals surface area contributed by atoms with Gasteiger partial charge in [-0.3, -0.25) is 9.69 Å². The van der Waals surface area contributed by atoms with Gasteiger partial charge in [0.15, 0.2) is 0 Å². The van der Waals surface area contributed by atoms with E-state index in [2.05, 4.69) is 0 Å². The largest absolute Gasteiger partial charge is 0.480 e. The number of benzene rings is 1. The molecule has 0 aromatic heterocycles. The molecule has 1 amide bonds. The van der Waals surface area contributed by atoms with Crippen LogP contribution in [0.2, 0.25) is 0 Å². The topological polar surface area (TPSA) is 83.9 Å². The second-order valence-corrected chi connectivity index (χ2v) is 6.57. The zero-order valence-electron chi connectivity index (χ0n) is 14.0. The molecule has 3 rings (SSSR count). The molecule has 1 fully saturated rings. The number of likely N-dealkylation sites (tertiary alicyclic amines) is 1. The molecule has 1 N–H and O–H groups in total. The van der Waals surface area contributed by atoms with E-state index >= 15 is 0 Å². The summed E-state index contributed by atoms with van der Waals surface area (Å²) in [5.74, 6) is -1.46. The van der Waals surface area contributed by atoms with Crippen LogP contribution in [0.15, 0.2) is 42.5 Å². The van der Waals surface area contributed by atoms with Crippen molar-refractivity contribution in [1.29, 1.82) is 0 Å². The van der Waals surface area contributed by atoms with Crippen molar-refractivity contribution in [1.82, 2.24) is 4.90 Å². The van der Waals surface area contributed by atoms with Gasteiger partial charge in [-0.15, -0.1) is 0 Å². The molecule has 1 aliphatic carbocycles. The summed E-state index contributed by atoms with van der Waals surface area (Å²) in [4.78, 5) is 37.4. The lowest BCUT2D eigenvalue weighted by Gasteiger charge is -2.32. The van der Waals surface area contributed by atoms with Crippen molar-refractivity contribution in [2.24, 2.45) is 11.8 Å². The molecule has 25 heavy (non-hydrogen) atoms. The molecule has 1 aromatic rings. The third kappa shape index (κ3) is 3.43. The Balaban J connectivity index is 1.78. The van der Waals surface area contributed by atoms with Gasteiger partial charge in [0.25, 0.3) is 0 Å². The second kappa shape index (κ2) is 7.09. The lowest BCUT2D eigenvalue weighted by molar-refractivity contribution is -0.142. The number of hydrogen-bond acceptors (Lipinski definition) is 4. The summed E-state index contributed by atoms with van der Waals surface area (Å²) in [6, 6.07) is 7.84. The van der Waals surface area contributed by atoms with E-state index in [9.17, 15) is 19.5 Å². The summed E-state index contributed by atoms with van der Waals surface area (Å²) in [6.07, 6.45) is 3.90. The summed E-state index contributed by atoms with van der Waals surface area (Å²) < 4.78 is 5.34. The number of carboxylic acid groups (broad SMARTS) is 1. The highest BCUT2D eigenvalue weighted by molar-refractivity contribution is 5.83. The molecule has 1 aromatic carbocycles. The maximum atomic E-state index is 12.6. The van der Waals surface area contributed by atoms with E-state index in [1.54, 1.807) is 0 Å². The lowest BCUT2D eigenvalue weighted by Crippen LogP contribution is -2.46. The van der Waals surface area contributed by atoms with E-state index in [0.29, 0.717) is 6.42 Å². The first-order chi connectivity index (χ1) is 12.0. The highest BCUT2D eigenvalue weighted by atomic mass is 16.6. The Kier molecular flexibility index (Phi) is 4.88. The van der Waals surface area contributed by atoms with Crippen LogP contribution in [0.1, 0.15) is 25.3 Å². The predicted molar refractivity (Wildman–Crippen MR) is 89.7 cm³/mol. The lowest BCUT2D eigenvalue weighted by atomic mass is 9.77. The van der Waals surface area contributed by atoms with E-state index in [4.69, 9.17) is 4.74 Å².